The molecule has 3 nitrogen and oxygen atoms in total. The average Bonchev–Trinajstić information content (AvgIpc) is 2.00. The van der Waals surface area contributed by atoms with Crippen LogP contribution < -0.4 is 5.14 Å². The molecule has 0 saturated carbocycles. The molecule has 0 radical (unpaired) electrons. The highest BCUT2D eigenvalue weighted by Gasteiger charge is 2.32. The maximum Gasteiger partial charge on any atom is 0.416 e. The molecule has 0 aliphatic rings. The fourth-order valence-corrected chi connectivity index (χ4v) is 1.53. The summed E-state index contributed by atoms with van der Waals surface area (Å²) in [4.78, 5) is -1.17. The van der Waals surface area contributed by atoms with Gasteiger partial charge in [-0.2, -0.15) is 13.2 Å². The Labute approximate surface area is 94.7 Å². The molecule has 0 aliphatic heterocycles. The van der Waals surface area contributed by atoms with E-state index in [1.807, 2.05) is 0 Å². The monoisotopic (exact) mass is 279 g/mol. The molecule has 1 aromatic carbocycles. The second-order valence-corrected chi connectivity index (χ2v) is 4.22. The topological polar surface area (TPSA) is 60.2 Å². The number of rotatable bonds is 1. The summed E-state index contributed by atoms with van der Waals surface area (Å²) in [5.74, 6) is -1.31. The van der Waals surface area contributed by atoms with Crippen LogP contribution in [0.25, 0.3) is 0 Å². The molecule has 0 bridgehead atoms. The standard InChI is InChI=1S/C7H5F4NO2S.ClH/c8-5-2-1-4(7(9,10)11)3-6(5)15(12,13)14;/h1-3H,(H2,12,13,14);1H. The van der Waals surface area contributed by atoms with Crippen LogP contribution in [0.3, 0.4) is 0 Å². The molecule has 0 spiro atoms. The lowest BCUT2D eigenvalue weighted by Crippen LogP contribution is -2.16. The van der Waals surface area contributed by atoms with Crippen molar-refractivity contribution in [1.82, 2.24) is 0 Å². The van der Waals surface area contributed by atoms with Gasteiger partial charge in [0.1, 0.15) is 10.7 Å². The van der Waals surface area contributed by atoms with Gasteiger partial charge in [-0.05, 0) is 18.2 Å². The lowest BCUT2D eigenvalue weighted by Gasteiger charge is -2.08. The van der Waals surface area contributed by atoms with Gasteiger partial charge < -0.3 is 0 Å². The molecule has 0 heterocycles. The Hall–Kier alpha value is -0.860. The van der Waals surface area contributed by atoms with Crippen molar-refractivity contribution in [2.45, 2.75) is 11.1 Å². The first-order valence-corrected chi connectivity index (χ1v) is 5.06. The molecule has 92 valence electrons. The first-order valence-electron chi connectivity index (χ1n) is 3.52. The minimum Gasteiger partial charge on any atom is -0.225 e. The van der Waals surface area contributed by atoms with Gasteiger partial charge in [0.25, 0.3) is 0 Å². The number of alkyl halides is 3. The summed E-state index contributed by atoms with van der Waals surface area (Å²) < 4.78 is 70.6. The number of hydrogen-bond acceptors (Lipinski definition) is 2. The molecule has 0 unspecified atom stereocenters. The lowest BCUT2D eigenvalue weighted by molar-refractivity contribution is -0.137. The number of hydrogen-bond donors (Lipinski definition) is 1. The van der Waals surface area contributed by atoms with Crippen LogP contribution in [-0.2, 0) is 16.2 Å². The fourth-order valence-electron chi connectivity index (χ4n) is 0.898. The van der Waals surface area contributed by atoms with Gasteiger partial charge in [0.2, 0.25) is 10.0 Å². The quantitative estimate of drug-likeness (QED) is 0.798. The molecule has 0 amide bonds. The first kappa shape index (κ1) is 15.1. The number of benzene rings is 1. The van der Waals surface area contributed by atoms with E-state index >= 15 is 0 Å². The summed E-state index contributed by atoms with van der Waals surface area (Å²) in [6.45, 7) is 0. The van der Waals surface area contributed by atoms with Gasteiger partial charge in [-0.25, -0.2) is 17.9 Å². The van der Waals surface area contributed by atoms with Gasteiger partial charge in [0.15, 0.2) is 0 Å². The van der Waals surface area contributed by atoms with E-state index in [0.717, 1.165) is 0 Å². The number of halogens is 5. The molecule has 0 atom stereocenters. The Morgan fingerprint density at radius 1 is 1.19 bits per heavy atom. The fraction of sp³-hybridized carbons (Fsp3) is 0.143. The summed E-state index contributed by atoms with van der Waals surface area (Å²) >= 11 is 0. The predicted octanol–water partition coefficient (Wildman–Crippen LogP) is 1.91. The Bertz CT molecular complexity index is 486. The van der Waals surface area contributed by atoms with E-state index in [9.17, 15) is 26.0 Å². The summed E-state index contributed by atoms with van der Waals surface area (Å²) in [6.07, 6.45) is -4.74. The molecule has 1 rings (SSSR count). The van der Waals surface area contributed by atoms with E-state index in [4.69, 9.17) is 0 Å². The smallest absolute Gasteiger partial charge is 0.225 e. The Balaban J connectivity index is 0.00000225. The van der Waals surface area contributed by atoms with Crippen molar-refractivity contribution in [1.29, 1.82) is 0 Å². The average molecular weight is 280 g/mol. The molecule has 16 heavy (non-hydrogen) atoms. The van der Waals surface area contributed by atoms with Crippen LogP contribution in [0.2, 0.25) is 0 Å². The predicted molar refractivity (Wildman–Crippen MR) is 50.0 cm³/mol. The zero-order valence-electron chi connectivity index (χ0n) is 7.45. The molecule has 0 fully saturated rings. The van der Waals surface area contributed by atoms with Crippen LogP contribution in [-0.4, -0.2) is 8.42 Å². The summed E-state index contributed by atoms with van der Waals surface area (Å²) in [5.41, 5.74) is -1.27. The maximum absolute atomic E-state index is 12.8. The zero-order valence-corrected chi connectivity index (χ0v) is 9.09. The normalized spacial score (nSPS) is 12.1. The summed E-state index contributed by atoms with van der Waals surface area (Å²) in [6, 6.07) is 0.997. The summed E-state index contributed by atoms with van der Waals surface area (Å²) in [5, 5.41) is 4.53. The van der Waals surface area contributed by atoms with Crippen LogP contribution in [0.1, 0.15) is 5.56 Å². The molecule has 0 aliphatic carbocycles. The van der Waals surface area contributed by atoms with Crippen molar-refractivity contribution in [3.05, 3.63) is 29.6 Å². The van der Waals surface area contributed by atoms with Crippen molar-refractivity contribution in [3.8, 4) is 0 Å². The van der Waals surface area contributed by atoms with E-state index in [2.05, 4.69) is 5.14 Å². The van der Waals surface area contributed by atoms with E-state index in [-0.39, 0.29) is 18.5 Å². The molecule has 2 N–H and O–H groups in total. The van der Waals surface area contributed by atoms with Gasteiger partial charge in [-0.3, -0.25) is 0 Å². The van der Waals surface area contributed by atoms with E-state index in [0.29, 0.717) is 12.1 Å². The maximum atomic E-state index is 12.8. The minimum absolute atomic E-state index is 0. The highest BCUT2D eigenvalue weighted by atomic mass is 35.5. The second-order valence-electron chi connectivity index (χ2n) is 2.69. The van der Waals surface area contributed by atoms with Crippen molar-refractivity contribution in [2.24, 2.45) is 5.14 Å². The van der Waals surface area contributed by atoms with Gasteiger partial charge >= 0.3 is 6.18 Å². The second kappa shape index (κ2) is 4.56. The van der Waals surface area contributed by atoms with E-state index in [1.165, 1.54) is 0 Å². The Kier molecular flexibility index (Phi) is 4.31. The third kappa shape index (κ3) is 3.32. The van der Waals surface area contributed by atoms with Crippen molar-refractivity contribution >= 4 is 22.4 Å². The molecule has 0 saturated heterocycles. The highest BCUT2D eigenvalue weighted by Crippen LogP contribution is 2.31. The van der Waals surface area contributed by atoms with E-state index < -0.39 is 32.5 Å². The molecular weight excluding hydrogens is 274 g/mol. The van der Waals surface area contributed by atoms with Gasteiger partial charge in [0, 0.05) is 0 Å². The molecule has 9 heteroatoms. The first-order chi connectivity index (χ1) is 6.62. The number of primary sulfonamides is 1. The zero-order chi connectivity index (χ0) is 11.9. The Morgan fingerprint density at radius 3 is 2.06 bits per heavy atom. The van der Waals surface area contributed by atoms with Gasteiger partial charge in [0.05, 0.1) is 5.56 Å². The van der Waals surface area contributed by atoms with Crippen LogP contribution in [0.15, 0.2) is 23.1 Å². The van der Waals surface area contributed by atoms with Gasteiger partial charge in [-0.15, -0.1) is 12.4 Å². The SMILES string of the molecule is Cl.NS(=O)(=O)c1cc(C(F)(F)F)ccc1F. The van der Waals surface area contributed by atoms with Crippen LogP contribution in [0, 0.1) is 5.82 Å². The third-order valence-corrected chi connectivity index (χ3v) is 2.49. The van der Waals surface area contributed by atoms with Crippen LogP contribution in [0.4, 0.5) is 17.6 Å². The number of sulfonamides is 1. The van der Waals surface area contributed by atoms with Crippen molar-refractivity contribution in [3.63, 3.8) is 0 Å². The van der Waals surface area contributed by atoms with Gasteiger partial charge in [-0.1, -0.05) is 0 Å². The largest absolute Gasteiger partial charge is 0.416 e. The minimum atomic E-state index is -4.74. The highest BCUT2D eigenvalue weighted by molar-refractivity contribution is 7.89. The van der Waals surface area contributed by atoms with Crippen LogP contribution >= 0.6 is 12.4 Å². The van der Waals surface area contributed by atoms with E-state index in [1.54, 1.807) is 0 Å². The van der Waals surface area contributed by atoms with Crippen molar-refractivity contribution < 1.29 is 26.0 Å². The Morgan fingerprint density at radius 2 is 1.69 bits per heavy atom. The molecule has 0 aromatic heterocycles. The third-order valence-electron chi connectivity index (χ3n) is 1.57. The molecular formula is C7H6ClF4NO2S. The summed E-state index contributed by atoms with van der Waals surface area (Å²) in [7, 11) is -4.49. The lowest BCUT2D eigenvalue weighted by atomic mass is 10.2. The number of nitrogens with two attached hydrogens (primary N) is 1. The van der Waals surface area contributed by atoms with Crippen molar-refractivity contribution in [2.75, 3.05) is 0 Å². The van der Waals surface area contributed by atoms with Crippen LogP contribution in [0.5, 0.6) is 0 Å². The molecule has 1 aromatic rings.